The zero-order valence-corrected chi connectivity index (χ0v) is 21.1. The zero-order chi connectivity index (χ0) is 24.9. The van der Waals surface area contributed by atoms with Gasteiger partial charge in [0.1, 0.15) is 17.7 Å². The summed E-state index contributed by atoms with van der Waals surface area (Å²) in [5, 5.41) is 6.87. The van der Waals surface area contributed by atoms with E-state index in [0.717, 1.165) is 34.7 Å². The highest BCUT2D eigenvalue weighted by Gasteiger charge is 2.25. The predicted molar refractivity (Wildman–Crippen MR) is 146 cm³/mol. The van der Waals surface area contributed by atoms with E-state index in [0.29, 0.717) is 0 Å². The molecule has 0 fully saturated rings. The van der Waals surface area contributed by atoms with E-state index in [9.17, 15) is 0 Å². The molecule has 1 aliphatic rings. The summed E-state index contributed by atoms with van der Waals surface area (Å²) in [6, 6.07) is 21.0. The van der Waals surface area contributed by atoms with Crippen LogP contribution in [0.4, 0.5) is 0 Å². The smallest absolute Gasteiger partial charge is 0.137 e. The molecule has 0 saturated carbocycles. The van der Waals surface area contributed by atoms with E-state index < -0.39 is 0 Å². The lowest BCUT2D eigenvalue weighted by Gasteiger charge is -2.29. The maximum Gasteiger partial charge on any atom is 0.137 e. The van der Waals surface area contributed by atoms with Crippen LogP contribution in [-0.2, 0) is 0 Å². The summed E-state index contributed by atoms with van der Waals surface area (Å²) in [5.74, 6) is 1.75. The average Bonchev–Trinajstić information content (AvgIpc) is 3.50. The molecule has 0 spiro atoms. The van der Waals surface area contributed by atoms with E-state index in [1.165, 1.54) is 21.9 Å². The lowest BCUT2D eigenvalue weighted by molar-refractivity contribution is 0.248. The minimum Gasteiger partial charge on any atom is -0.486 e. The van der Waals surface area contributed by atoms with Crippen molar-refractivity contribution in [1.82, 2.24) is 19.3 Å². The van der Waals surface area contributed by atoms with Crippen LogP contribution in [0.1, 0.15) is 32.8 Å². The first kappa shape index (κ1) is 22.4. The third-order valence-corrected chi connectivity index (χ3v) is 6.83. The molecule has 6 rings (SSSR count). The summed E-state index contributed by atoms with van der Waals surface area (Å²) in [6.07, 6.45) is 10.9. The largest absolute Gasteiger partial charge is 0.486 e. The maximum atomic E-state index is 6.64. The molecule has 0 radical (unpaired) electrons. The number of ether oxygens (including phenoxy) is 1. The molecule has 36 heavy (non-hydrogen) atoms. The van der Waals surface area contributed by atoms with Gasteiger partial charge in [-0.05, 0) is 72.0 Å². The van der Waals surface area contributed by atoms with Crippen molar-refractivity contribution in [1.29, 1.82) is 0 Å². The lowest BCUT2D eigenvalue weighted by atomic mass is 9.82. The minimum atomic E-state index is -0.0872. The van der Waals surface area contributed by atoms with Crippen molar-refractivity contribution < 1.29 is 4.74 Å². The van der Waals surface area contributed by atoms with E-state index in [1.54, 1.807) is 0 Å². The van der Waals surface area contributed by atoms with Crippen molar-refractivity contribution in [2.45, 2.75) is 40.2 Å². The molecule has 1 unspecified atom stereocenters. The van der Waals surface area contributed by atoms with Gasteiger partial charge in [0, 0.05) is 47.5 Å². The Kier molecular flexibility index (Phi) is 5.29. The molecule has 3 aromatic heterocycles. The van der Waals surface area contributed by atoms with Crippen molar-refractivity contribution in [2.75, 3.05) is 0 Å². The number of benzene rings is 2. The summed E-state index contributed by atoms with van der Waals surface area (Å²) in [6.45, 7) is 8.80. The van der Waals surface area contributed by atoms with E-state index in [-0.39, 0.29) is 11.5 Å². The van der Waals surface area contributed by atoms with Gasteiger partial charge in [-0.25, -0.2) is 9.67 Å². The molecule has 3 heterocycles. The Balaban J connectivity index is 1.43. The number of hydrogen-bond donors (Lipinski definition) is 0. The van der Waals surface area contributed by atoms with Crippen molar-refractivity contribution in [3.8, 4) is 11.6 Å². The van der Waals surface area contributed by atoms with E-state index >= 15 is 0 Å². The van der Waals surface area contributed by atoms with Crippen LogP contribution in [0, 0.1) is 12.3 Å². The number of rotatable bonds is 4. The van der Waals surface area contributed by atoms with Gasteiger partial charge in [0.05, 0.1) is 11.0 Å². The number of aromatic nitrogens is 4. The molecule has 1 aliphatic carbocycles. The second-order valence-corrected chi connectivity index (χ2v) is 10.5. The lowest BCUT2D eigenvalue weighted by Crippen LogP contribution is -2.23. The molecule has 0 amide bonds. The van der Waals surface area contributed by atoms with Crippen LogP contribution in [-0.4, -0.2) is 25.4 Å². The second kappa shape index (κ2) is 8.52. The topological polar surface area (TPSA) is 44.9 Å². The van der Waals surface area contributed by atoms with Gasteiger partial charge >= 0.3 is 0 Å². The van der Waals surface area contributed by atoms with Crippen LogP contribution >= 0.6 is 0 Å². The Bertz CT molecular complexity index is 1630. The van der Waals surface area contributed by atoms with E-state index in [4.69, 9.17) is 9.72 Å². The van der Waals surface area contributed by atoms with Crippen LogP contribution in [0.3, 0.4) is 0 Å². The first-order chi connectivity index (χ1) is 17.4. The van der Waals surface area contributed by atoms with Crippen LogP contribution in [0.25, 0.3) is 33.3 Å². The van der Waals surface area contributed by atoms with Gasteiger partial charge in [-0.3, -0.25) is 4.57 Å². The summed E-state index contributed by atoms with van der Waals surface area (Å²) in [7, 11) is 0. The van der Waals surface area contributed by atoms with Crippen molar-refractivity contribution in [2.24, 2.45) is 5.41 Å². The number of nitrogens with zero attached hydrogens (tertiary/aromatic N) is 4. The molecule has 0 bridgehead atoms. The third kappa shape index (κ3) is 4.01. The Morgan fingerprint density at radius 3 is 2.53 bits per heavy atom. The van der Waals surface area contributed by atoms with Gasteiger partial charge in [0.2, 0.25) is 0 Å². The van der Waals surface area contributed by atoms with E-state index in [1.807, 2.05) is 35.4 Å². The Morgan fingerprint density at radius 1 is 0.917 bits per heavy atom. The minimum absolute atomic E-state index is 0.00759. The van der Waals surface area contributed by atoms with Gasteiger partial charge < -0.3 is 4.74 Å². The zero-order valence-electron chi connectivity index (χ0n) is 21.1. The second-order valence-electron chi connectivity index (χ2n) is 10.5. The summed E-state index contributed by atoms with van der Waals surface area (Å²) >= 11 is 0. The Hall–Kier alpha value is -4.12. The molecule has 5 aromatic rings. The normalized spacial score (nSPS) is 16.3. The molecule has 0 N–H and O–H groups in total. The highest BCUT2D eigenvalue weighted by atomic mass is 16.5. The molecule has 5 heteroatoms. The van der Waals surface area contributed by atoms with Crippen molar-refractivity contribution in [3.05, 3.63) is 103 Å². The predicted octanol–water partition coefficient (Wildman–Crippen LogP) is 7.35. The summed E-state index contributed by atoms with van der Waals surface area (Å²) < 4.78 is 10.8. The van der Waals surface area contributed by atoms with Crippen LogP contribution in [0.5, 0.6) is 5.75 Å². The molecular formula is C31H30N4O. The van der Waals surface area contributed by atoms with Crippen LogP contribution < -0.4 is 4.74 Å². The van der Waals surface area contributed by atoms with Crippen LogP contribution in [0.15, 0.2) is 97.0 Å². The highest BCUT2D eigenvalue weighted by Crippen LogP contribution is 2.37. The van der Waals surface area contributed by atoms with Crippen molar-refractivity contribution >= 4 is 27.5 Å². The van der Waals surface area contributed by atoms with E-state index in [2.05, 4.69) is 98.0 Å². The number of hydrogen-bond acceptors (Lipinski definition) is 3. The standard InChI is InChI=1S/C31H30N4O/c1-21-12-14-32-30(16-21)35-28-9-6-5-8-26(28)27-11-10-24(20-29(27)35)36-25-18-22(31(2,3)4)17-23(19-25)34-15-7-13-33-34/h5-18,20,25H,19H2,1-4H3. The maximum absolute atomic E-state index is 6.64. The Labute approximate surface area is 211 Å². The van der Waals surface area contributed by atoms with Crippen molar-refractivity contribution in [3.63, 3.8) is 0 Å². The highest BCUT2D eigenvalue weighted by molar-refractivity contribution is 6.09. The quantitative estimate of drug-likeness (QED) is 0.274. The first-order valence-corrected chi connectivity index (χ1v) is 12.4. The van der Waals surface area contributed by atoms with Gasteiger partial charge in [-0.15, -0.1) is 0 Å². The number of pyridine rings is 1. The van der Waals surface area contributed by atoms with Gasteiger partial charge in [-0.1, -0.05) is 39.0 Å². The molecule has 2 aromatic carbocycles. The average molecular weight is 475 g/mol. The fourth-order valence-corrected chi connectivity index (χ4v) is 4.98. The molecule has 180 valence electrons. The monoisotopic (exact) mass is 474 g/mol. The fourth-order valence-electron chi connectivity index (χ4n) is 4.98. The number of para-hydroxylation sites is 1. The molecule has 1 atom stereocenters. The number of allylic oxidation sites excluding steroid dienone is 2. The van der Waals surface area contributed by atoms with Crippen LogP contribution in [0.2, 0.25) is 0 Å². The van der Waals surface area contributed by atoms with Gasteiger partial charge in [0.15, 0.2) is 0 Å². The van der Waals surface area contributed by atoms with Gasteiger partial charge in [0.25, 0.3) is 0 Å². The number of aryl methyl sites for hydroxylation is 1. The molecule has 5 nitrogen and oxygen atoms in total. The van der Waals surface area contributed by atoms with Gasteiger partial charge in [-0.2, -0.15) is 5.10 Å². The molecular weight excluding hydrogens is 444 g/mol. The molecule has 0 aliphatic heterocycles. The molecule has 0 saturated heterocycles. The summed E-state index contributed by atoms with van der Waals surface area (Å²) in [4.78, 5) is 4.70. The SMILES string of the molecule is Cc1ccnc(-n2c3ccccc3c3ccc(OC4C=C(C(C)(C)C)C=C(n5cccn5)C4)cc32)c1. The fraction of sp³-hybridized carbons (Fsp3) is 0.226. The number of fused-ring (bicyclic) bond motifs is 3. The summed E-state index contributed by atoms with van der Waals surface area (Å²) in [5.41, 5.74) is 5.80. The first-order valence-electron chi connectivity index (χ1n) is 12.4. The Morgan fingerprint density at radius 2 is 1.75 bits per heavy atom. The third-order valence-electron chi connectivity index (χ3n) is 6.83.